The topological polar surface area (TPSA) is 51.2 Å². The summed E-state index contributed by atoms with van der Waals surface area (Å²) in [4.78, 5) is 15.9. The molecule has 1 aromatic heterocycles. The molecule has 4 nitrogen and oxygen atoms in total. The van der Waals surface area contributed by atoms with Crippen molar-refractivity contribution in [2.75, 3.05) is 11.9 Å². The highest BCUT2D eigenvalue weighted by Gasteiger charge is 2.29. The van der Waals surface area contributed by atoms with Crippen LogP contribution in [0.2, 0.25) is 13.1 Å². The van der Waals surface area contributed by atoms with E-state index in [0.29, 0.717) is 25.3 Å². The van der Waals surface area contributed by atoms with Gasteiger partial charge in [0.25, 0.3) is 0 Å². The molecule has 1 N–H and O–H groups in total. The summed E-state index contributed by atoms with van der Waals surface area (Å²) in [5, 5.41) is 3.48. The highest BCUT2D eigenvalue weighted by atomic mass is 19.3. The summed E-state index contributed by atoms with van der Waals surface area (Å²) in [7, 11) is 2.16. The summed E-state index contributed by atoms with van der Waals surface area (Å²) in [6, 6.07) is 4.54. The smallest absolute Gasteiger partial charge is 0.305 e. The number of aryl methyl sites for hydroxylation is 2. The van der Waals surface area contributed by atoms with Crippen molar-refractivity contribution in [2.24, 2.45) is 0 Å². The number of halogens is 2. The Bertz CT molecular complexity index is 614. The SMILES string of the molecule is C[B]CC1CCc2ccc(CCCCC(F)(F)CCC(=O)OCC)nc2N1. The van der Waals surface area contributed by atoms with Gasteiger partial charge in [-0.05, 0) is 50.7 Å². The van der Waals surface area contributed by atoms with Crippen LogP contribution in [0.1, 0.15) is 56.7 Å². The highest BCUT2D eigenvalue weighted by Crippen LogP contribution is 2.28. The summed E-state index contributed by atoms with van der Waals surface area (Å²) in [6.45, 7) is 3.96. The van der Waals surface area contributed by atoms with Gasteiger partial charge in [-0.3, -0.25) is 4.79 Å². The average molecular weight is 379 g/mol. The van der Waals surface area contributed by atoms with Gasteiger partial charge in [0.2, 0.25) is 5.92 Å². The summed E-state index contributed by atoms with van der Waals surface area (Å²) in [6.07, 6.45) is 4.05. The number of alkyl halides is 2. The molecule has 1 unspecified atom stereocenters. The van der Waals surface area contributed by atoms with E-state index in [4.69, 9.17) is 4.74 Å². The molecule has 1 atom stereocenters. The van der Waals surface area contributed by atoms with Crippen LogP contribution in [0.15, 0.2) is 12.1 Å². The molecule has 1 aromatic rings. The van der Waals surface area contributed by atoms with Crippen LogP contribution in [0, 0.1) is 0 Å². The fourth-order valence-electron chi connectivity index (χ4n) is 3.38. The Hall–Kier alpha value is -1.66. The lowest BCUT2D eigenvalue weighted by molar-refractivity contribution is -0.145. The predicted molar refractivity (Wildman–Crippen MR) is 105 cm³/mol. The molecule has 7 heteroatoms. The molecule has 0 spiro atoms. The van der Waals surface area contributed by atoms with Crippen LogP contribution in [0.3, 0.4) is 0 Å². The van der Waals surface area contributed by atoms with Crippen LogP contribution in [0.5, 0.6) is 0 Å². The summed E-state index contributed by atoms with van der Waals surface area (Å²) >= 11 is 0. The fourth-order valence-corrected chi connectivity index (χ4v) is 3.38. The molecule has 0 amide bonds. The fraction of sp³-hybridized carbons (Fsp3) is 0.700. The third-order valence-corrected chi connectivity index (χ3v) is 4.89. The molecule has 0 bridgehead atoms. The summed E-state index contributed by atoms with van der Waals surface area (Å²) in [5.74, 6) is -2.42. The first-order chi connectivity index (χ1) is 12.9. The van der Waals surface area contributed by atoms with E-state index < -0.39 is 18.3 Å². The molecule has 2 heterocycles. The Morgan fingerprint density at radius 3 is 2.93 bits per heavy atom. The molecule has 0 saturated carbocycles. The van der Waals surface area contributed by atoms with Gasteiger partial charge in [0, 0.05) is 24.6 Å². The quantitative estimate of drug-likeness (QED) is 0.345. The van der Waals surface area contributed by atoms with Crippen molar-refractivity contribution >= 4 is 19.1 Å². The Balaban J connectivity index is 1.74. The third-order valence-electron chi connectivity index (χ3n) is 4.89. The van der Waals surface area contributed by atoms with Crippen molar-refractivity contribution in [2.45, 2.75) is 83.4 Å². The predicted octanol–water partition coefficient (Wildman–Crippen LogP) is 4.67. The Kier molecular flexibility index (Phi) is 8.51. The zero-order valence-corrected chi connectivity index (χ0v) is 16.4. The van der Waals surface area contributed by atoms with E-state index in [1.165, 1.54) is 5.56 Å². The van der Waals surface area contributed by atoms with Crippen LogP contribution < -0.4 is 5.32 Å². The van der Waals surface area contributed by atoms with Gasteiger partial charge in [0.1, 0.15) is 13.1 Å². The van der Waals surface area contributed by atoms with Gasteiger partial charge in [-0.15, -0.1) is 0 Å². The van der Waals surface area contributed by atoms with E-state index in [0.717, 1.165) is 30.7 Å². The zero-order valence-electron chi connectivity index (χ0n) is 16.4. The van der Waals surface area contributed by atoms with Crippen molar-refractivity contribution in [1.82, 2.24) is 4.98 Å². The number of pyridine rings is 1. The van der Waals surface area contributed by atoms with Crippen LogP contribution >= 0.6 is 0 Å². The van der Waals surface area contributed by atoms with Gasteiger partial charge < -0.3 is 10.1 Å². The molecule has 1 aliphatic heterocycles. The third kappa shape index (κ3) is 7.47. The molecule has 0 saturated heterocycles. The summed E-state index contributed by atoms with van der Waals surface area (Å²) in [5.41, 5.74) is 2.17. The number of hydrogen-bond acceptors (Lipinski definition) is 4. The number of carbonyl (C=O) groups excluding carboxylic acids is 1. The van der Waals surface area contributed by atoms with Gasteiger partial charge in [-0.1, -0.05) is 19.2 Å². The largest absolute Gasteiger partial charge is 0.466 e. The number of aromatic nitrogens is 1. The van der Waals surface area contributed by atoms with Crippen LogP contribution in [-0.2, 0) is 22.4 Å². The van der Waals surface area contributed by atoms with Gasteiger partial charge in [0.05, 0.1) is 13.0 Å². The first-order valence-electron chi connectivity index (χ1n) is 10.00. The number of rotatable bonds is 11. The van der Waals surface area contributed by atoms with Crippen molar-refractivity contribution in [3.05, 3.63) is 23.4 Å². The number of hydrogen-bond donors (Lipinski definition) is 1. The minimum absolute atomic E-state index is 0.204. The number of anilines is 1. The second kappa shape index (κ2) is 10.6. The van der Waals surface area contributed by atoms with Crippen molar-refractivity contribution in [1.29, 1.82) is 0 Å². The van der Waals surface area contributed by atoms with E-state index in [-0.39, 0.29) is 19.4 Å². The highest BCUT2D eigenvalue weighted by molar-refractivity contribution is 6.33. The van der Waals surface area contributed by atoms with E-state index in [1.807, 2.05) is 6.07 Å². The van der Waals surface area contributed by atoms with Gasteiger partial charge >= 0.3 is 5.97 Å². The maximum Gasteiger partial charge on any atom is 0.305 e. The van der Waals surface area contributed by atoms with Crippen LogP contribution in [0.25, 0.3) is 0 Å². The molecular formula is C20H30BF2N2O2. The molecule has 27 heavy (non-hydrogen) atoms. The second-order valence-corrected chi connectivity index (χ2v) is 7.20. The number of nitrogens with one attached hydrogen (secondary N) is 1. The van der Waals surface area contributed by atoms with E-state index >= 15 is 0 Å². The summed E-state index contributed by atoms with van der Waals surface area (Å²) < 4.78 is 32.4. The average Bonchev–Trinajstić information content (AvgIpc) is 2.64. The maximum absolute atomic E-state index is 13.9. The molecule has 149 valence electrons. The van der Waals surface area contributed by atoms with Crippen LogP contribution in [-0.4, -0.2) is 36.8 Å². The molecule has 1 aliphatic rings. The lowest BCUT2D eigenvalue weighted by Gasteiger charge is -2.26. The minimum atomic E-state index is -2.82. The lowest BCUT2D eigenvalue weighted by Crippen LogP contribution is -2.27. The number of carbonyl (C=O) groups is 1. The first-order valence-corrected chi connectivity index (χ1v) is 10.00. The number of unbranched alkanes of at least 4 members (excludes halogenated alkanes) is 1. The number of fused-ring (bicyclic) bond motifs is 1. The number of esters is 1. The molecule has 1 radical (unpaired) electrons. The van der Waals surface area contributed by atoms with Crippen LogP contribution in [0.4, 0.5) is 14.6 Å². The number of nitrogens with zero attached hydrogens (tertiary/aromatic N) is 1. The zero-order chi connectivity index (χ0) is 19.7. The Labute approximate surface area is 161 Å². The van der Waals surface area contributed by atoms with E-state index in [9.17, 15) is 13.6 Å². The first kappa shape index (κ1) is 21.6. The maximum atomic E-state index is 13.9. The van der Waals surface area contributed by atoms with Crippen molar-refractivity contribution in [3.8, 4) is 0 Å². The molecule has 0 fully saturated rings. The standard InChI is InChI=1S/C20H30BF2N2O2/c1-3-27-18(26)11-13-20(22,23)12-5-4-6-16-9-7-15-8-10-17(14-21-2)25-19(15)24-16/h7,9,17H,3-6,8,10-14H2,1-2H3,(H,24,25). The number of ether oxygens (including phenoxy) is 1. The Morgan fingerprint density at radius 2 is 2.19 bits per heavy atom. The van der Waals surface area contributed by atoms with Crippen molar-refractivity contribution < 1.29 is 18.3 Å². The molecule has 0 aromatic carbocycles. The minimum Gasteiger partial charge on any atom is -0.466 e. The van der Waals surface area contributed by atoms with Gasteiger partial charge in [0.15, 0.2) is 0 Å². The molecule has 2 rings (SSSR count). The van der Waals surface area contributed by atoms with Crippen molar-refractivity contribution in [3.63, 3.8) is 0 Å². The normalized spacial score (nSPS) is 16.4. The van der Waals surface area contributed by atoms with E-state index in [2.05, 4.69) is 30.5 Å². The molecule has 0 aliphatic carbocycles. The second-order valence-electron chi connectivity index (χ2n) is 7.20. The monoisotopic (exact) mass is 379 g/mol. The van der Waals surface area contributed by atoms with Gasteiger partial charge in [-0.2, -0.15) is 0 Å². The lowest BCUT2D eigenvalue weighted by atomic mass is 9.73. The van der Waals surface area contributed by atoms with Gasteiger partial charge in [-0.25, -0.2) is 13.8 Å². The molecular weight excluding hydrogens is 349 g/mol. The van der Waals surface area contributed by atoms with E-state index in [1.54, 1.807) is 6.92 Å². The Morgan fingerprint density at radius 1 is 1.37 bits per heavy atom.